The lowest BCUT2D eigenvalue weighted by molar-refractivity contribution is -0.168. The Balaban J connectivity index is 1.57. The first-order valence-electron chi connectivity index (χ1n) is 7.48. The third-order valence-corrected chi connectivity index (χ3v) is 5.27. The van der Waals surface area contributed by atoms with E-state index in [1.54, 1.807) is 12.1 Å². The van der Waals surface area contributed by atoms with Gasteiger partial charge in [-0.25, -0.2) is 13.2 Å². The lowest BCUT2D eigenvalue weighted by Crippen LogP contribution is -2.57. The van der Waals surface area contributed by atoms with Gasteiger partial charge in [0.15, 0.2) is 0 Å². The van der Waals surface area contributed by atoms with E-state index in [9.17, 15) is 13.2 Å². The second kappa shape index (κ2) is 5.20. The zero-order valence-electron chi connectivity index (χ0n) is 12.0. The fourth-order valence-corrected chi connectivity index (χ4v) is 4.01. The van der Waals surface area contributed by atoms with Gasteiger partial charge in [0.05, 0.1) is 5.69 Å². The summed E-state index contributed by atoms with van der Waals surface area (Å²) in [6, 6.07) is 4.60. The average Bonchev–Trinajstić information content (AvgIpc) is 2.34. The zero-order valence-corrected chi connectivity index (χ0v) is 12.0. The van der Waals surface area contributed by atoms with Gasteiger partial charge in [-0.05, 0) is 42.7 Å². The minimum absolute atomic E-state index is 0.0974. The summed E-state index contributed by atoms with van der Waals surface area (Å²) in [6.45, 7) is 0.591. The molecular weight excluding hydrogens is 277 g/mol. The van der Waals surface area contributed by atoms with Crippen LogP contribution in [0.2, 0.25) is 0 Å². The molecule has 2 aliphatic carbocycles. The Morgan fingerprint density at radius 2 is 1.95 bits per heavy atom. The number of anilines is 1. The first-order valence-corrected chi connectivity index (χ1v) is 7.48. The maximum Gasteiger partial charge on any atom is 0.245 e. The third-order valence-electron chi connectivity index (χ3n) is 5.27. The summed E-state index contributed by atoms with van der Waals surface area (Å²) in [5, 5.41) is 3.05. The molecule has 5 heteroatoms. The summed E-state index contributed by atoms with van der Waals surface area (Å²) >= 11 is 0. The number of nitrogens with one attached hydrogen (secondary N) is 1. The molecule has 2 aliphatic rings. The molecular formula is C16H21F3N2. The number of alkyl halides is 2. The van der Waals surface area contributed by atoms with E-state index in [-0.39, 0.29) is 17.6 Å². The Hall–Kier alpha value is -1.23. The molecule has 116 valence electrons. The number of hydrogen-bond acceptors (Lipinski definition) is 2. The fourth-order valence-electron chi connectivity index (χ4n) is 4.01. The Morgan fingerprint density at radius 1 is 1.24 bits per heavy atom. The minimum atomic E-state index is -2.30. The molecule has 1 spiro atoms. The van der Waals surface area contributed by atoms with Crippen molar-refractivity contribution in [3.63, 3.8) is 0 Å². The van der Waals surface area contributed by atoms with E-state index in [0.29, 0.717) is 24.9 Å². The Morgan fingerprint density at radius 3 is 2.52 bits per heavy atom. The van der Waals surface area contributed by atoms with E-state index < -0.39 is 17.7 Å². The number of nitrogen functional groups attached to an aromatic ring is 1. The van der Waals surface area contributed by atoms with Crippen LogP contribution in [-0.4, -0.2) is 13.0 Å². The highest BCUT2D eigenvalue weighted by Crippen LogP contribution is 2.66. The van der Waals surface area contributed by atoms with Crippen LogP contribution in [0, 0.1) is 16.6 Å². The van der Waals surface area contributed by atoms with E-state index in [0.717, 1.165) is 12.8 Å². The lowest BCUT2D eigenvalue weighted by atomic mass is 9.45. The van der Waals surface area contributed by atoms with Crippen LogP contribution in [0.3, 0.4) is 0 Å². The van der Waals surface area contributed by atoms with Crippen molar-refractivity contribution in [1.29, 1.82) is 0 Å². The molecule has 0 amide bonds. The van der Waals surface area contributed by atoms with Crippen molar-refractivity contribution in [2.24, 2.45) is 10.8 Å². The number of benzene rings is 1. The monoisotopic (exact) mass is 298 g/mol. The molecule has 0 heterocycles. The summed E-state index contributed by atoms with van der Waals surface area (Å²) in [5.41, 5.74) is 5.67. The largest absolute Gasteiger partial charge is 0.396 e. The molecule has 0 aromatic heterocycles. The normalized spacial score (nSPS) is 22.1. The molecule has 0 saturated heterocycles. The van der Waals surface area contributed by atoms with Crippen LogP contribution >= 0.6 is 0 Å². The maximum absolute atomic E-state index is 13.4. The fraction of sp³-hybridized carbons (Fsp3) is 0.625. The summed E-state index contributed by atoms with van der Waals surface area (Å²) < 4.78 is 40.1. The predicted octanol–water partition coefficient (Wildman–Crippen LogP) is 3.71. The molecule has 0 bridgehead atoms. The van der Waals surface area contributed by atoms with Gasteiger partial charge < -0.3 is 11.1 Å². The van der Waals surface area contributed by atoms with E-state index in [2.05, 4.69) is 5.32 Å². The van der Waals surface area contributed by atoms with E-state index in [4.69, 9.17) is 5.73 Å². The molecule has 2 nitrogen and oxygen atoms in total. The number of nitrogens with two attached hydrogens (primary N) is 1. The number of para-hydroxylation sites is 1. The van der Waals surface area contributed by atoms with E-state index in [1.807, 2.05) is 0 Å². The van der Waals surface area contributed by atoms with Gasteiger partial charge >= 0.3 is 0 Å². The van der Waals surface area contributed by atoms with Gasteiger partial charge in [-0.1, -0.05) is 18.6 Å². The average molecular weight is 298 g/mol. The number of hydrogen-bond donors (Lipinski definition) is 2. The van der Waals surface area contributed by atoms with Crippen molar-refractivity contribution >= 4 is 5.69 Å². The van der Waals surface area contributed by atoms with Gasteiger partial charge in [-0.3, -0.25) is 0 Å². The van der Waals surface area contributed by atoms with Crippen LogP contribution in [0.25, 0.3) is 0 Å². The van der Waals surface area contributed by atoms with Crippen molar-refractivity contribution < 1.29 is 13.2 Å². The van der Waals surface area contributed by atoms with Gasteiger partial charge in [0, 0.05) is 18.5 Å². The summed E-state index contributed by atoms with van der Waals surface area (Å²) in [4.78, 5) is 0. The lowest BCUT2D eigenvalue weighted by Gasteiger charge is -2.61. The molecule has 3 rings (SSSR count). The molecule has 2 saturated carbocycles. The van der Waals surface area contributed by atoms with Crippen molar-refractivity contribution in [3.05, 3.63) is 29.6 Å². The standard InChI is InChI=1S/C16H21F3N2/c17-12-4-1-3-11(13(12)20)7-21-10-16(14(18)19)8-15(9-16)5-2-6-15/h1,3-4,14,21H,2,5-10,20H2. The third kappa shape index (κ3) is 2.52. The maximum atomic E-state index is 13.4. The van der Waals surface area contributed by atoms with Crippen LogP contribution < -0.4 is 11.1 Å². The van der Waals surface area contributed by atoms with Crippen LogP contribution in [0.4, 0.5) is 18.9 Å². The molecule has 21 heavy (non-hydrogen) atoms. The molecule has 2 fully saturated rings. The van der Waals surface area contributed by atoms with Gasteiger partial charge in [0.2, 0.25) is 6.43 Å². The Bertz CT molecular complexity index is 518. The van der Waals surface area contributed by atoms with Gasteiger partial charge in [0.25, 0.3) is 0 Å². The van der Waals surface area contributed by atoms with Gasteiger partial charge in [-0.2, -0.15) is 0 Å². The molecule has 0 aliphatic heterocycles. The zero-order chi connectivity index (χ0) is 15.1. The SMILES string of the molecule is Nc1c(F)cccc1CNCC1(C(F)F)CC2(CCC2)C1. The summed E-state index contributed by atoms with van der Waals surface area (Å²) in [5.74, 6) is -0.463. The summed E-state index contributed by atoms with van der Waals surface area (Å²) in [7, 11) is 0. The smallest absolute Gasteiger partial charge is 0.245 e. The highest BCUT2D eigenvalue weighted by molar-refractivity contribution is 5.47. The molecule has 0 unspecified atom stereocenters. The molecule has 0 atom stereocenters. The van der Waals surface area contributed by atoms with Crippen LogP contribution in [0.15, 0.2) is 18.2 Å². The molecule has 3 N–H and O–H groups in total. The number of halogens is 3. The van der Waals surface area contributed by atoms with Crippen LogP contribution in [0.5, 0.6) is 0 Å². The topological polar surface area (TPSA) is 38.0 Å². The highest BCUT2D eigenvalue weighted by atomic mass is 19.3. The van der Waals surface area contributed by atoms with E-state index in [1.165, 1.54) is 12.5 Å². The quantitative estimate of drug-likeness (QED) is 0.813. The molecule has 1 aromatic carbocycles. The second-order valence-electron chi connectivity index (χ2n) is 6.79. The van der Waals surface area contributed by atoms with E-state index >= 15 is 0 Å². The highest BCUT2D eigenvalue weighted by Gasteiger charge is 2.60. The van der Waals surface area contributed by atoms with Crippen LogP contribution in [-0.2, 0) is 6.54 Å². The van der Waals surface area contributed by atoms with Gasteiger partial charge in [0.1, 0.15) is 5.82 Å². The van der Waals surface area contributed by atoms with Crippen molar-refractivity contribution in [2.75, 3.05) is 12.3 Å². The summed E-state index contributed by atoms with van der Waals surface area (Å²) in [6.07, 6.45) is 2.29. The predicted molar refractivity (Wildman–Crippen MR) is 76.5 cm³/mol. The Labute approximate surface area is 122 Å². The first kappa shape index (κ1) is 14.7. The Kier molecular flexibility index (Phi) is 3.64. The first-order chi connectivity index (χ1) is 9.96. The molecule has 1 aromatic rings. The van der Waals surface area contributed by atoms with Gasteiger partial charge in [-0.15, -0.1) is 0 Å². The molecule has 0 radical (unpaired) electrons. The van der Waals surface area contributed by atoms with Crippen molar-refractivity contribution in [1.82, 2.24) is 5.32 Å². The number of rotatable bonds is 5. The van der Waals surface area contributed by atoms with Crippen molar-refractivity contribution in [3.8, 4) is 0 Å². The van der Waals surface area contributed by atoms with Crippen molar-refractivity contribution in [2.45, 2.75) is 45.1 Å². The minimum Gasteiger partial charge on any atom is -0.396 e. The second-order valence-corrected chi connectivity index (χ2v) is 6.79. The van der Waals surface area contributed by atoms with Crippen LogP contribution in [0.1, 0.15) is 37.7 Å².